The first kappa shape index (κ1) is 15.0. The van der Waals surface area contributed by atoms with Crippen molar-refractivity contribution >= 4 is 5.69 Å². The largest absolute Gasteiger partial charge is 0.383 e. The second-order valence-electron chi connectivity index (χ2n) is 4.41. The molecule has 0 radical (unpaired) electrons. The van der Waals surface area contributed by atoms with E-state index in [2.05, 4.69) is 48.3 Å². The second kappa shape index (κ2) is 8.11. The fourth-order valence-electron chi connectivity index (χ4n) is 2.20. The van der Waals surface area contributed by atoms with Crippen LogP contribution in [-0.4, -0.2) is 33.9 Å². The van der Waals surface area contributed by atoms with E-state index in [1.54, 1.807) is 7.11 Å². The summed E-state index contributed by atoms with van der Waals surface area (Å²) in [4.78, 5) is 2.33. The molecule has 0 saturated carbocycles. The molecule has 0 fully saturated rings. The Kier molecular flexibility index (Phi) is 6.76. The molecule has 1 unspecified atom stereocenters. The van der Waals surface area contributed by atoms with Crippen LogP contribution in [0.4, 0.5) is 5.69 Å². The summed E-state index contributed by atoms with van der Waals surface area (Å²) in [7, 11) is 3.76. The first-order valence-electron chi connectivity index (χ1n) is 6.77. The summed E-state index contributed by atoms with van der Waals surface area (Å²) < 4.78 is 5.14. The molecule has 1 N–H and O–H groups in total. The lowest BCUT2D eigenvalue weighted by Gasteiger charge is -2.23. The fourth-order valence-corrected chi connectivity index (χ4v) is 2.20. The Bertz CT molecular complexity index is 320. The first-order valence-corrected chi connectivity index (χ1v) is 6.77. The third-order valence-corrected chi connectivity index (χ3v) is 3.36. The molecule has 0 heterocycles. The molecular formula is C15H26N2O. The summed E-state index contributed by atoms with van der Waals surface area (Å²) in [6.45, 7) is 7.09. The average molecular weight is 250 g/mol. The zero-order chi connectivity index (χ0) is 13.4. The molecule has 0 spiro atoms. The maximum Gasteiger partial charge on any atom is 0.0637 e. The van der Waals surface area contributed by atoms with Crippen LogP contribution in [0.15, 0.2) is 24.3 Å². The van der Waals surface area contributed by atoms with Gasteiger partial charge in [0.25, 0.3) is 0 Å². The molecule has 1 rings (SSSR count). The number of nitrogens with one attached hydrogen (secondary N) is 1. The number of nitrogens with zero attached hydrogens (tertiary/aromatic N) is 1. The average Bonchev–Trinajstić information content (AvgIpc) is 2.42. The van der Waals surface area contributed by atoms with Crippen LogP contribution in [0, 0.1) is 0 Å². The first-order chi connectivity index (χ1) is 8.76. The highest BCUT2D eigenvalue weighted by atomic mass is 16.5. The molecule has 0 saturated heterocycles. The van der Waals surface area contributed by atoms with Gasteiger partial charge in [-0.05, 0) is 38.1 Å². The lowest BCUT2D eigenvalue weighted by Crippen LogP contribution is -2.26. The minimum absolute atomic E-state index is 0.452. The van der Waals surface area contributed by atoms with E-state index in [9.17, 15) is 0 Å². The van der Waals surface area contributed by atoms with Gasteiger partial charge in [-0.1, -0.05) is 19.1 Å². The van der Waals surface area contributed by atoms with Gasteiger partial charge in [0.1, 0.15) is 0 Å². The highest BCUT2D eigenvalue weighted by Crippen LogP contribution is 2.20. The Balaban J connectivity index is 2.73. The molecule has 102 valence electrons. The predicted molar refractivity (Wildman–Crippen MR) is 78.3 cm³/mol. The maximum atomic E-state index is 5.14. The molecule has 1 atom stereocenters. The van der Waals surface area contributed by atoms with E-state index in [4.69, 9.17) is 4.74 Å². The summed E-state index contributed by atoms with van der Waals surface area (Å²) in [5.74, 6) is 0. The van der Waals surface area contributed by atoms with Crippen molar-refractivity contribution in [3.63, 3.8) is 0 Å². The maximum absolute atomic E-state index is 5.14. The fraction of sp³-hybridized carbons (Fsp3) is 0.600. The summed E-state index contributed by atoms with van der Waals surface area (Å²) in [5, 5.41) is 3.33. The Hall–Kier alpha value is -1.06. The van der Waals surface area contributed by atoms with Crippen LogP contribution in [0.2, 0.25) is 0 Å². The number of hydrogen-bond acceptors (Lipinski definition) is 3. The van der Waals surface area contributed by atoms with Crippen molar-refractivity contribution in [2.24, 2.45) is 0 Å². The van der Waals surface area contributed by atoms with Crippen LogP contribution >= 0.6 is 0 Å². The second-order valence-corrected chi connectivity index (χ2v) is 4.41. The van der Waals surface area contributed by atoms with Crippen LogP contribution in [-0.2, 0) is 4.74 Å². The Labute approximate surface area is 111 Å². The molecule has 0 aromatic heterocycles. The van der Waals surface area contributed by atoms with E-state index < -0.39 is 0 Å². The molecule has 18 heavy (non-hydrogen) atoms. The highest BCUT2D eigenvalue weighted by Gasteiger charge is 2.08. The van der Waals surface area contributed by atoms with Gasteiger partial charge in [-0.2, -0.15) is 0 Å². The Morgan fingerprint density at radius 2 is 1.89 bits per heavy atom. The normalized spacial score (nSPS) is 12.4. The molecule has 0 aliphatic rings. The number of rotatable bonds is 8. The van der Waals surface area contributed by atoms with Crippen molar-refractivity contribution in [1.82, 2.24) is 5.32 Å². The zero-order valence-electron chi connectivity index (χ0n) is 12.1. The van der Waals surface area contributed by atoms with Crippen LogP contribution in [0.3, 0.4) is 0 Å². The van der Waals surface area contributed by atoms with Crippen LogP contribution in [0.1, 0.15) is 31.9 Å². The lowest BCUT2D eigenvalue weighted by atomic mass is 10.0. The highest BCUT2D eigenvalue weighted by molar-refractivity contribution is 5.48. The number of likely N-dealkylation sites (N-methyl/N-ethyl adjacent to an activating group) is 1. The third-order valence-electron chi connectivity index (χ3n) is 3.36. The molecule has 0 amide bonds. The summed E-state index contributed by atoms with van der Waals surface area (Å²) in [6.07, 6.45) is 1.11. The predicted octanol–water partition coefficient (Wildman–Crippen LogP) is 2.83. The van der Waals surface area contributed by atoms with Gasteiger partial charge >= 0.3 is 0 Å². The molecule has 1 aromatic carbocycles. The number of ether oxygens (including phenoxy) is 1. The van der Waals surface area contributed by atoms with Crippen molar-refractivity contribution < 1.29 is 4.74 Å². The van der Waals surface area contributed by atoms with Crippen LogP contribution < -0.4 is 10.2 Å². The van der Waals surface area contributed by atoms with E-state index in [1.807, 2.05) is 7.05 Å². The minimum atomic E-state index is 0.452. The lowest BCUT2D eigenvalue weighted by molar-refractivity contribution is 0.205. The van der Waals surface area contributed by atoms with Crippen molar-refractivity contribution in [2.45, 2.75) is 26.3 Å². The van der Waals surface area contributed by atoms with Gasteiger partial charge < -0.3 is 15.0 Å². The number of hydrogen-bond donors (Lipinski definition) is 1. The third kappa shape index (κ3) is 4.00. The van der Waals surface area contributed by atoms with Crippen molar-refractivity contribution in [1.29, 1.82) is 0 Å². The van der Waals surface area contributed by atoms with Gasteiger partial charge in [0.05, 0.1) is 6.61 Å². The van der Waals surface area contributed by atoms with Crippen LogP contribution in [0.5, 0.6) is 0 Å². The Morgan fingerprint density at radius 1 is 1.22 bits per heavy atom. The van der Waals surface area contributed by atoms with E-state index in [0.717, 1.165) is 26.1 Å². The number of anilines is 1. The van der Waals surface area contributed by atoms with Crippen molar-refractivity contribution in [2.75, 3.05) is 38.8 Å². The molecule has 0 aliphatic heterocycles. The van der Waals surface area contributed by atoms with Gasteiger partial charge in [0, 0.05) is 31.9 Å². The minimum Gasteiger partial charge on any atom is -0.383 e. The van der Waals surface area contributed by atoms with E-state index in [1.165, 1.54) is 11.3 Å². The van der Waals surface area contributed by atoms with Gasteiger partial charge in [0.15, 0.2) is 0 Å². The molecule has 3 heteroatoms. The molecular weight excluding hydrogens is 224 g/mol. The summed E-state index contributed by atoms with van der Waals surface area (Å²) in [6, 6.07) is 9.29. The van der Waals surface area contributed by atoms with E-state index in [-0.39, 0.29) is 0 Å². The smallest absolute Gasteiger partial charge is 0.0637 e. The van der Waals surface area contributed by atoms with Gasteiger partial charge in [-0.15, -0.1) is 0 Å². The summed E-state index contributed by atoms with van der Waals surface area (Å²) in [5.41, 5.74) is 2.62. The zero-order valence-corrected chi connectivity index (χ0v) is 12.1. The standard InChI is InChI=1S/C15H26N2O/c1-5-15(16-3)13-7-9-14(10-8-13)17(6-2)11-12-18-4/h7-10,15-16H,5-6,11-12H2,1-4H3. The number of benzene rings is 1. The van der Waals surface area contributed by atoms with Crippen LogP contribution in [0.25, 0.3) is 0 Å². The van der Waals surface area contributed by atoms with E-state index >= 15 is 0 Å². The SMILES string of the molecule is CCC(NC)c1ccc(N(CC)CCOC)cc1. The van der Waals surface area contributed by atoms with Gasteiger partial charge in [0.2, 0.25) is 0 Å². The van der Waals surface area contributed by atoms with Crippen molar-refractivity contribution in [3.05, 3.63) is 29.8 Å². The molecule has 3 nitrogen and oxygen atoms in total. The monoisotopic (exact) mass is 250 g/mol. The Morgan fingerprint density at radius 3 is 2.33 bits per heavy atom. The van der Waals surface area contributed by atoms with Crippen molar-refractivity contribution in [3.8, 4) is 0 Å². The summed E-state index contributed by atoms with van der Waals surface area (Å²) >= 11 is 0. The van der Waals surface area contributed by atoms with Gasteiger partial charge in [-0.25, -0.2) is 0 Å². The van der Waals surface area contributed by atoms with Gasteiger partial charge in [-0.3, -0.25) is 0 Å². The topological polar surface area (TPSA) is 24.5 Å². The molecule has 0 bridgehead atoms. The quantitative estimate of drug-likeness (QED) is 0.768. The van der Waals surface area contributed by atoms with E-state index in [0.29, 0.717) is 6.04 Å². The number of methoxy groups -OCH3 is 1. The molecule has 1 aromatic rings. The molecule has 0 aliphatic carbocycles.